The Kier molecular flexibility index (Phi) is 5.43. The summed E-state index contributed by atoms with van der Waals surface area (Å²) in [6.45, 7) is 9.51. The summed E-state index contributed by atoms with van der Waals surface area (Å²) in [6, 6.07) is 12.5. The molecule has 0 fully saturated rings. The fourth-order valence-corrected chi connectivity index (χ4v) is 3.50. The topological polar surface area (TPSA) is 34.0 Å². The summed E-state index contributed by atoms with van der Waals surface area (Å²) < 4.78 is 2.01. The number of nitrogens with zero attached hydrogens (tertiary/aromatic N) is 4. The van der Waals surface area contributed by atoms with Crippen molar-refractivity contribution in [3.63, 3.8) is 0 Å². The van der Waals surface area contributed by atoms with Crippen LogP contribution in [0.1, 0.15) is 32.2 Å². The van der Waals surface area contributed by atoms with Crippen LogP contribution in [-0.2, 0) is 13.0 Å². The van der Waals surface area contributed by atoms with Crippen molar-refractivity contribution < 1.29 is 0 Å². The van der Waals surface area contributed by atoms with E-state index in [1.54, 1.807) is 11.3 Å². The number of hydrogen-bond acceptors (Lipinski definition) is 4. The minimum atomic E-state index is 0.901. The predicted molar refractivity (Wildman–Crippen MR) is 101 cm³/mol. The molecule has 0 spiro atoms. The third kappa shape index (κ3) is 3.57. The molecule has 0 atom stereocenters. The van der Waals surface area contributed by atoms with Gasteiger partial charge in [0.25, 0.3) is 0 Å². The first-order valence-electron chi connectivity index (χ1n) is 8.56. The molecule has 3 rings (SSSR count). The first-order chi connectivity index (χ1) is 11.7. The molecule has 0 aliphatic carbocycles. The number of thiazole rings is 1. The number of hydrogen-bond donors (Lipinski definition) is 0. The van der Waals surface area contributed by atoms with Crippen molar-refractivity contribution in [1.29, 1.82) is 0 Å². The standard InChI is InChI=1S/C19H24N4S/c1-4-16-12-17(13-22(5-2)6-3)23(21-16)18-14-24-19(20-18)15-10-8-7-9-11-15/h7-12,14H,4-6,13H2,1-3H3. The van der Waals surface area contributed by atoms with Gasteiger partial charge in [-0.15, -0.1) is 11.3 Å². The van der Waals surface area contributed by atoms with Crippen LogP contribution in [0.2, 0.25) is 0 Å². The molecule has 0 saturated heterocycles. The Bertz CT molecular complexity index is 772. The molecular formula is C19H24N4S. The summed E-state index contributed by atoms with van der Waals surface area (Å²) in [5.74, 6) is 0.917. The molecule has 4 nitrogen and oxygen atoms in total. The molecule has 0 N–H and O–H groups in total. The van der Waals surface area contributed by atoms with E-state index in [0.717, 1.165) is 48.1 Å². The van der Waals surface area contributed by atoms with E-state index in [0.29, 0.717) is 0 Å². The molecule has 2 heterocycles. The van der Waals surface area contributed by atoms with Crippen molar-refractivity contribution in [3.8, 4) is 16.4 Å². The SMILES string of the molecule is CCc1cc(CN(CC)CC)n(-c2csc(-c3ccccc3)n2)n1. The third-order valence-corrected chi connectivity index (χ3v) is 5.08. The zero-order valence-corrected chi connectivity index (χ0v) is 15.4. The van der Waals surface area contributed by atoms with Gasteiger partial charge in [-0.2, -0.15) is 5.10 Å². The van der Waals surface area contributed by atoms with Gasteiger partial charge in [-0.05, 0) is 25.6 Å². The molecule has 2 aromatic heterocycles. The van der Waals surface area contributed by atoms with E-state index in [1.807, 2.05) is 22.9 Å². The molecule has 0 radical (unpaired) electrons. The van der Waals surface area contributed by atoms with Crippen LogP contribution in [0.25, 0.3) is 16.4 Å². The molecule has 5 heteroatoms. The normalized spacial score (nSPS) is 11.3. The van der Waals surface area contributed by atoms with Crippen molar-refractivity contribution in [2.45, 2.75) is 33.7 Å². The zero-order chi connectivity index (χ0) is 16.9. The Hall–Kier alpha value is -1.98. The van der Waals surface area contributed by atoms with Crippen molar-refractivity contribution in [2.24, 2.45) is 0 Å². The fraction of sp³-hybridized carbons (Fsp3) is 0.368. The van der Waals surface area contributed by atoms with Gasteiger partial charge in [0.2, 0.25) is 0 Å². The molecule has 0 amide bonds. The molecule has 0 aliphatic heterocycles. The van der Waals surface area contributed by atoms with Crippen LogP contribution in [0.5, 0.6) is 0 Å². The molecule has 24 heavy (non-hydrogen) atoms. The van der Waals surface area contributed by atoms with Gasteiger partial charge >= 0.3 is 0 Å². The smallest absolute Gasteiger partial charge is 0.165 e. The first kappa shape index (κ1) is 16.9. The van der Waals surface area contributed by atoms with Gasteiger partial charge in [0, 0.05) is 17.5 Å². The number of aromatic nitrogens is 3. The summed E-state index contributed by atoms with van der Waals surface area (Å²) in [6.07, 6.45) is 0.938. The maximum atomic E-state index is 4.82. The molecule has 1 aromatic carbocycles. The van der Waals surface area contributed by atoms with E-state index >= 15 is 0 Å². The maximum Gasteiger partial charge on any atom is 0.165 e. The first-order valence-corrected chi connectivity index (χ1v) is 9.44. The lowest BCUT2D eigenvalue weighted by Gasteiger charge is -2.17. The molecule has 0 bridgehead atoms. The Morgan fingerprint density at radius 1 is 1.08 bits per heavy atom. The van der Waals surface area contributed by atoms with Crippen molar-refractivity contribution in [1.82, 2.24) is 19.7 Å². The second-order valence-electron chi connectivity index (χ2n) is 5.73. The third-order valence-electron chi connectivity index (χ3n) is 4.21. The number of aryl methyl sites for hydroxylation is 1. The van der Waals surface area contributed by atoms with Gasteiger partial charge in [-0.25, -0.2) is 9.67 Å². The fourth-order valence-electron chi connectivity index (χ4n) is 2.71. The van der Waals surface area contributed by atoms with Crippen molar-refractivity contribution >= 4 is 11.3 Å². The lowest BCUT2D eigenvalue weighted by Crippen LogP contribution is -2.23. The van der Waals surface area contributed by atoms with Gasteiger partial charge in [-0.1, -0.05) is 51.1 Å². The average Bonchev–Trinajstić information content (AvgIpc) is 3.27. The highest BCUT2D eigenvalue weighted by Gasteiger charge is 2.14. The molecule has 0 unspecified atom stereocenters. The van der Waals surface area contributed by atoms with Crippen LogP contribution in [0.3, 0.4) is 0 Å². The largest absolute Gasteiger partial charge is 0.298 e. The second kappa shape index (κ2) is 7.73. The predicted octanol–water partition coefficient (Wildman–Crippen LogP) is 4.40. The lowest BCUT2D eigenvalue weighted by molar-refractivity contribution is 0.289. The highest BCUT2D eigenvalue weighted by atomic mass is 32.1. The van der Waals surface area contributed by atoms with E-state index in [1.165, 1.54) is 5.69 Å². The minimum Gasteiger partial charge on any atom is -0.298 e. The van der Waals surface area contributed by atoms with Crippen LogP contribution < -0.4 is 0 Å². The molecule has 3 aromatic rings. The van der Waals surface area contributed by atoms with Gasteiger partial charge in [-0.3, -0.25) is 4.90 Å². The Morgan fingerprint density at radius 2 is 1.83 bits per heavy atom. The quantitative estimate of drug-likeness (QED) is 0.639. The number of benzene rings is 1. The van der Waals surface area contributed by atoms with E-state index < -0.39 is 0 Å². The summed E-state index contributed by atoms with van der Waals surface area (Å²) in [5, 5.41) is 7.89. The van der Waals surface area contributed by atoms with Gasteiger partial charge in [0.15, 0.2) is 5.82 Å². The Labute approximate surface area is 147 Å². The van der Waals surface area contributed by atoms with E-state index in [4.69, 9.17) is 10.1 Å². The highest BCUT2D eigenvalue weighted by molar-refractivity contribution is 7.13. The molecular weight excluding hydrogens is 316 g/mol. The van der Waals surface area contributed by atoms with E-state index in [9.17, 15) is 0 Å². The second-order valence-corrected chi connectivity index (χ2v) is 6.59. The van der Waals surface area contributed by atoms with Gasteiger partial charge in [0.1, 0.15) is 5.01 Å². The summed E-state index contributed by atoms with van der Waals surface area (Å²) in [5.41, 5.74) is 3.48. The minimum absolute atomic E-state index is 0.901. The Morgan fingerprint density at radius 3 is 2.50 bits per heavy atom. The van der Waals surface area contributed by atoms with Crippen LogP contribution in [0.4, 0.5) is 0 Å². The molecule has 126 valence electrons. The summed E-state index contributed by atoms with van der Waals surface area (Å²) in [7, 11) is 0. The van der Waals surface area contributed by atoms with Crippen LogP contribution >= 0.6 is 11.3 Å². The van der Waals surface area contributed by atoms with Gasteiger partial charge in [0.05, 0.1) is 11.4 Å². The highest BCUT2D eigenvalue weighted by Crippen LogP contribution is 2.26. The van der Waals surface area contributed by atoms with Crippen LogP contribution in [0.15, 0.2) is 41.8 Å². The summed E-state index contributed by atoms with van der Waals surface area (Å²) in [4.78, 5) is 7.22. The monoisotopic (exact) mass is 340 g/mol. The maximum absolute atomic E-state index is 4.82. The van der Waals surface area contributed by atoms with Crippen molar-refractivity contribution in [2.75, 3.05) is 13.1 Å². The Balaban J connectivity index is 1.94. The van der Waals surface area contributed by atoms with Crippen LogP contribution in [-0.4, -0.2) is 32.8 Å². The molecule has 0 aliphatic rings. The van der Waals surface area contributed by atoms with E-state index in [-0.39, 0.29) is 0 Å². The zero-order valence-electron chi connectivity index (χ0n) is 14.6. The van der Waals surface area contributed by atoms with Gasteiger partial charge < -0.3 is 0 Å². The summed E-state index contributed by atoms with van der Waals surface area (Å²) >= 11 is 1.67. The number of rotatable bonds is 7. The average molecular weight is 340 g/mol. The van der Waals surface area contributed by atoms with E-state index in [2.05, 4.69) is 49.3 Å². The molecule has 0 saturated carbocycles. The van der Waals surface area contributed by atoms with Crippen LogP contribution in [0, 0.1) is 0 Å². The van der Waals surface area contributed by atoms with Crippen molar-refractivity contribution in [3.05, 3.63) is 53.2 Å². The lowest BCUT2D eigenvalue weighted by atomic mass is 10.2.